The molecule has 9 nitrogen and oxygen atoms in total. The Hall–Kier alpha value is -4.04. The van der Waals surface area contributed by atoms with Gasteiger partial charge in [-0.05, 0) is 73.7 Å². The van der Waals surface area contributed by atoms with Crippen LogP contribution in [0.3, 0.4) is 0 Å². The van der Waals surface area contributed by atoms with Crippen LogP contribution in [0.5, 0.6) is 0 Å². The van der Waals surface area contributed by atoms with Crippen LogP contribution in [0, 0.1) is 9.20 Å². The third-order valence-electron chi connectivity index (χ3n) is 9.18. The molecule has 48 heavy (non-hydrogen) atoms. The molecule has 1 saturated carbocycles. The van der Waals surface area contributed by atoms with Gasteiger partial charge in [-0.2, -0.15) is 0 Å². The summed E-state index contributed by atoms with van der Waals surface area (Å²) in [5, 5.41) is 9.74. The highest BCUT2D eigenvalue weighted by Crippen LogP contribution is 2.52. The molecule has 4 heterocycles. The van der Waals surface area contributed by atoms with Gasteiger partial charge in [0.05, 0.1) is 4.53 Å². The number of aromatic nitrogens is 2. The Bertz CT molecular complexity index is 2370. The molecule has 13 heteroatoms. The molecule has 2 fully saturated rings. The third kappa shape index (κ3) is 5.33. The fourth-order valence-electron chi connectivity index (χ4n) is 6.99. The zero-order valence-corrected chi connectivity index (χ0v) is 29.6. The van der Waals surface area contributed by atoms with E-state index in [0.29, 0.717) is 43.5 Å². The van der Waals surface area contributed by atoms with Crippen molar-refractivity contribution in [3.8, 4) is 0 Å². The van der Waals surface area contributed by atoms with Crippen LogP contribution < -0.4 is 25.2 Å². The molecule has 0 bridgehead atoms. The number of carboxylic acids is 1. The fourth-order valence-corrected chi connectivity index (χ4v) is 11.0. The summed E-state index contributed by atoms with van der Waals surface area (Å²) in [5.41, 5.74) is 4.59. The molecule has 1 N–H and O–H groups in total. The van der Waals surface area contributed by atoms with Gasteiger partial charge in [-0.25, -0.2) is 0 Å². The van der Waals surface area contributed by atoms with E-state index in [1.807, 2.05) is 19.1 Å². The van der Waals surface area contributed by atoms with E-state index >= 15 is 0 Å². The number of carbonyl (C=O) groups excluding carboxylic acids is 1. The molecule has 246 valence electrons. The van der Waals surface area contributed by atoms with Gasteiger partial charge < -0.3 is 10.0 Å². The Morgan fingerprint density at radius 2 is 1.73 bits per heavy atom. The highest BCUT2D eigenvalue weighted by Gasteiger charge is 2.42. The maximum Gasteiger partial charge on any atom is 0.323 e. The standard InChI is InChI=1S/C35H32N4O5S4/c1-4-19-10-13-21(14-11-19)39-24-9-7-8-22(24)23-16-20(12-15-25(23)39)17-26-30(42)38(18-27(40)41)34(46-26)28-31(43)36(5-2)33(47-28)29-32(44)37(6-3)35(45)48-29/h4,10-17,22,24H,1,5-9,18H2,2-3H3,(H,40,41)/b26-17-,33-29+,34-28+. The van der Waals surface area contributed by atoms with Crippen LogP contribution in [0.2, 0.25) is 0 Å². The van der Waals surface area contributed by atoms with Gasteiger partial charge in [0.1, 0.15) is 29.6 Å². The van der Waals surface area contributed by atoms with Gasteiger partial charge >= 0.3 is 5.97 Å². The van der Waals surface area contributed by atoms with Gasteiger partial charge in [0.2, 0.25) is 0 Å². The Morgan fingerprint density at radius 1 is 0.979 bits per heavy atom. The zero-order chi connectivity index (χ0) is 33.9. The third-order valence-corrected chi connectivity index (χ3v) is 13.2. The molecule has 0 radical (unpaired) electrons. The van der Waals surface area contributed by atoms with Crippen molar-refractivity contribution in [3.05, 3.63) is 105 Å². The zero-order valence-electron chi connectivity index (χ0n) is 26.3. The molecule has 2 atom stereocenters. The van der Waals surface area contributed by atoms with Crippen LogP contribution in [0.1, 0.15) is 55.7 Å². The van der Waals surface area contributed by atoms with Gasteiger partial charge in [0, 0.05) is 36.4 Å². The monoisotopic (exact) mass is 716 g/mol. The predicted molar refractivity (Wildman–Crippen MR) is 197 cm³/mol. The van der Waals surface area contributed by atoms with Crippen LogP contribution >= 0.6 is 46.7 Å². The van der Waals surface area contributed by atoms with Crippen LogP contribution in [-0.2, 0) is 22.7 Å². The van der Waals surface area contributed by atoms with Crippen LogP contribution in [-0.4, -0.2) is 47.9 Å². The molecular formula is C35H32N4O5S4. The average molecular weight is 717 g/mol. The SMILES string of the molecule is C=Cc1ccc(N2c3ccc(/C=c4\s/c(=c5/s/c(=C6/SC(=S)N(CC)C6=O)n(CC)c5=O)n(CC(=O)O)c4=O)cc3C3CCCC32)cc1. The smallest absolute Gasteiger partial charge is 0.323 e. The maximum atomic E-state index is 13.8. The Labute approximate surface area is 293 Å². The Morgan fingerprint density at radius 3 is 2.40 bits per heavy atom. The second-order valence-electron chi connectivity index (χ2n) is 11.8. The van der Waals surface area contributed by atoms with Crippen molar-refractivity contribution in [2.75, 3.05) is 11.4 Å². The van der Waals surface area contributed by atoms with Gasteiger partial charge in [0.25, 0.3) is 17.0 Å². The molecule has 2 aliphatic heterocycles. The Balaban J connectivity index is 1.40. The van der Waals surface area contributed by atoms with Crippen molar-refractivity contribution in [1.29, 1.82) is 0 Å². The van der Waals surface area contributed by atoms with E-state index < -0.39 is 18.1 Å². The number of thiocarbonyl (C=S) groups is 1. The lowest BCUT2D eigenvalue weighted by Crippen LogP contribution is -2.31. The number of nitrogens with zero attached hydrogens (tertiary/aromatic N) is 4. The number of hydrogen-bond donors (Lipinski definition) is 1. The number of anilines is 2. The number of amides is 1. The molecule has 4 aromatic rings. The minimum Gasteiger partial charge on any atom is -0.480 e. The number of benzene rings is 2. The minimum atomic E-state index is -1.19. The number of thiazole rings is 2. The molecule has 1 saturated heterocycles. The quantitative estimate of drug-likeness (QED) is 0.273. The summed E-state index contributed by atoms with van der Waals surface area (Å²) in [5.74, 6) is -1.09. The highest BCUT2D eigenvalue weighted by molar-refractivity contribution is 8.30. The van der Waals surface area contributed by atoms with Crippen molar-refractivity contribution in [1.82, 2.24) is 14.0 Å². The molecule has 2 aromatic heterocycles. The van der Waals surface area contributed by atoms with Crippen molar-refractivity contribution in [2.45, 2.75) is 58.2 Å². The van der Waals surface area contributed by atoms with E-state index in [-0.39, 0.29) is 20.7 Å². The summed E-state index contributed by atoms with van der Waals surface area (Å²) >= 11 is 8.74. The molecule has 7 rings (SSSR count). The number of fused-ring (bicyclic) bond motifs is 3. The topological polar surface area (TPSA) is 105 Å². The van der Waals surface area contributed by atoms with Crippen LogP contribution in [0.15, 0.2) is 58.6 Å². The maximum absolute atomic E-state index is 13.8. The van der Waals surface area contributed by atoms with E-state index in [1.165, 1.54) is 15.0 Å². The number of carbonyl (C=O) groups is 2. The largest absolute Gasteiger partial charge is 0.480 e. The fraction of sp³-hybridized carbons (Fsp3) is 0.286. The first-order valence-electron chi connectivity index (χ1n) is 15.8. The summed E-state index contributed by atoms with van der Waals surface area (Å²) < 4.78 is 4.33. The lowest BCUT2D eigenvalue weighted by atomic mass is 9.96. The average Bonchev–Trinajstić information content (AvgIpc) is 3.87. The summed E-state index contributed by atoms with van der Waals surface area (Å²) in [7, 11) is 0. The predicted octanol–water partition coefficient (Wildman–Crippen LogP) is 4.77. The molecule has 1 aliphatic carbocycles. The van der Waals surface area contributed by atoms with Gasteiger partial charge in [-0.15, -0.1) is 22.7 Å². The number of aliphatic carboxylic acids is 1. The molecule has 3 aliphatic rings. The highest BCUT2D eigenvalue weighted by atomic mass is 32.2. The second-order valence-corrected chi connectivity index (χ2v) is 15.5. The minimum absolute atomic E-state index is 0.220. The van der Waals surface area contributed by atoms with E-state index in [1.54, 1.807) is 13.0 Å². The van der Waals surface area contributed by atoms with Gasteiger partial charge in [-0.3, -0.25) is 33.2 Å². The van der Waals surface area contributed by atoms with E-state index in [9.17, 15) is 24.3 Å². The summed E-state index contributed by atoms with van der Waals surface area (Å²) in [6.45, 7) is 7.62. The van der Waals surface area contributed by atoms with Gasteiger partial charge in [0.15, 0.2) is 0 Å². The summed E-state index contributed by atoms with van der Waals surface area (Å²) in [6.07, 6.45) is 6.95. The molecule has 2 aromatic carbocycles. The lowest BCUT2D eigenvalue weighted by Gasteiger charge is -2.27. The van der Waals surface area contributed by atoms with Gasteiger partial charge in [-0.1, -0.05) is 61.3 Å². The molecule has 1 amide bonds. The van der Waals surface area contributed by atoms with Crippen molar-refractivity contribution in [2.24, 2.45) is 0 Å². The van der Waals surface area contributed by atoms with Crippen molar-refractivity contribution < 1.29 is 14.7 Å². The van der Waals surface area contributed by atoms with E-state index in [2.05, 4.69) is 47.9 Å². The number of thioether (sulfide) groups is 1. The molecular weight excluding hydrogens is 685 g/mol. The van der Waals surface area contributed by atoms with Crippen molar-refractivity contribution >= 4 is 91.3 Å². The van der Waals surface area contributed by atoms with Crippen LogP contribution in [0.4, 0.5) is 11.4 Å². The number of rotatable bonds is 7. The summed E-state index contributed by atoms with van der Waals surface area (Å²) in [6, 6.07) is 15.0. The molecule has 0 spiro atoms. The first-order chi connectivity index (χ1) is 23.1. The van der Waals surface area contributed by atoms with Crippen molar-refractivity contribution in [3.63, 3.8) is 0 Å². The number of hydrogen-bond acceptors (Lipinski definition) is 9. The molecule has 2 unspecified atom stereocenters. The first kappa shape index (κ1) is 32.5. The first-order valence-corrected chi connectivity index (χ1v) is 18.6. The Kier molecular flexibility index (Phi) is 8.65. The van der Waals surface area contributed by atoms with E-state index in [4.69, 9.17) is 12.2 Å². The normalized spacial score (nSPS) is 20.9. The number of carboxylic acid groups (broad SMARTS) is 1. The van der Waals surface area contributed by atoms with Crippen LogP contribution in [0.25, 0.3) is 17.1 Å². The second kappa shape index (κ2) is 12.8. The summed E-state index contributed by atoms with van der Waals surface area (Å²) in [4.78, 5) is 56.9. The lowest BCUT2D eigenvalue weighted by molar-refractivity contribution is -0.137. The van der Waals surface area contributed by atoms with E-state index in [0.717, 1.165) is 80.8 Å².